The molecule has 0 aliphatic carbocycles. The van der Waals surface area contributed by atoms with Gasteiger partial charge in [-0.25, -0.2) is 0 Å². The number of nitrogens with zero attached hydrogens (tertiary/aromatic N) is 1. The second-order valence-corrected chi connectivity index (χ2v) is 3.27. The van der Waals surface area contributed by atoms with E-state index in [9.17, 15) is 0 Å². The summed E-state index contributed by atoms with van der Waals surface area (Å²) in [4.78, 5) is 3.96. The average molecular weight is 209 g/mol. The van der Waals surface area contributed by atoms with Crippen molar-refractivity contribution in [3.63, 3.8) is 0 Å². The second kappa shape index (κ2) is 5.66. The molecule has 1 heteroatoms. The molecule has 0 spiro atoms. The van der Waals surface area contributed by atoms with E-state index in [1.807, 2.05) is 36.4 Å². The van der Waals surface area contributed by atoms with Crippen LogP contribution in [0.25, 0.3) is 5.57 Å². The van der Waals surface area contributed by atoms with Gasteiger partial charge in [0, 0.05) is 5.56 Å². The first-order valence-electron chi connectivity index (χ1n) is 4.94. The van der Waals surface area contributed by atoms with Crippen molar-refractivity contribution in [2.45, 2.75) is 0 Å². The molecule has 1 nitrogen and oxygen atoms in total. The fraction of sp³-hybridized carbons (Fsp3) is 0. The summed E-state index contributed by atoms with van der Waals surface area (Å²) in [6.45, 7) is 15.1. The van der Waals surface area contributed by atoms with E-state index in [2.05, 4.69) is 31.4 Å². The van der Waals surface area contributed by atoms with Gasteiger partial charge in [-0.15, -0.1) is 0 Å². The molecule has 0 bridgehead atoms. The predicted octanol–water partition coefficient (Wildman–Crippen LogP) is 4.33. The second-order valence-electron chi connectivity index (χ2n) is 3.27. The van der Waals surface area contributed by atoms with Crippen LogP contribution in [-0.2, 0) is 0 Å². The number of hydrogen-bond donors (Lipinski definition) is 0. The molecule has 0 saturated heterocycles. The Balaban J connectivity index is 3.05. The Bertz CT molecular complexity index is 464. The largest absolute Gasteiger partial charge is 0.264 e. The Morgan fingerprint density at radius 2 is 1.88 bits per heavy atom. The maximum absolute atomic E-state index is 4.01. The SMILES string of the molecule is C=C/C=C\C(=C)C(=C)c1ccccc1N=C. The van der Waals surface area contributed by atoms with Crippen LogP contribution >= 0.6 is 0 Å². The van der Waals surface area contributed by atoms with E-state index in [0.29, 0.717) is 0 Å². The zero-order valence-corrected chi connectivity index (χ0v) is 9.32. The molecular formula is C15H15N. The Labute approximate surface area is 96.9 Å². The van der Waals surface area contributed by atoms with Gasteiger partial charge in [0.15, 0.2) is 0 Å². The molecule has 0 saturated carbocycles. The van der Waals surface area contributed by atoms with Crippen LogP contribution in [0.5, 0.6) is 0 Å². The van der Waals surface area contributed by atoms with E-state index in [1.165, 1.54) is 0 Å². The van der Waals surface area contributed by atoms with Gasteiger partial charge in [-0.05, 0) is 23.9 Å². The van der Waals surface area contributed by atoms with Gasteiger partial charge in [-0.2, -0.15) is 0 Å². The van der Waals surface area contributed by atoms with Crippen molar-refractivity contribution in [3.8, 4) is 0 Å². The molecule has 16 heavy (non-hydrogen) atoms. The minimum atomic E-state index is 0.820. The number of para-hydroxylation sites is 1. The predicted molar refractivity (Wildman–Crippen MR) is 73.2 cm³/mol. The third-order valence-corrected chi connectivity index (χ3v) is 2.22. The Kier molecular flexibility index (Phi) is 4.22. The molecule has 1 aromatic rings. The highest BCUT2D eigenvalue weighted by atomic mass is 14.7. The smallest absolute Gasteiger partial charge is 0.0700 e. The highest BCUT2D eigenvalue weighted by Gasteiger charge is 2.05. The van der Waals surface area contributed by atoms with Crippen molar-refractivity contribution >= 4 is 18.0 Å². The summed E-state index contributed by atoms with van der Waals surface area (Å²) in [5.41, 5.74) is 3.47. The molecule has 80 valence electrons. The fourth-order valence-electron chi connectivity index (χ4n) is 1.32. The topological polar surface area (TPSA) is 12.4 Å². The van der Waals surface area contributed by atoms with Crippen LogP contribution in [0.2, 0.25) is 0 Å². The van der Waals surface area contributed by atoms with Crippen molar-refractivity contribution in [3.05, 3.63) is 73.4 Å². The summed E-state index contributed by atoms with van der Waals surface area (Å²) in [6.07, 6.45) is 5.41. The molecule has 1 aromatic carbocycles. The standard InChI is InChI=1S/C15H15N/c1-5-6-9-12(2)13(3)14-10-7-8-11-15(14)16-4/h5-11H,1-4H2/b9-6-. The average Bonchev–Trinajstić information content (AvgIpc) is 2.34. The van der Waals surface area contributed by atoms with Crippen molar-refractivity contribution in [2.24, 2.45) is 4.99 Å². The molecule has 0 atom stereocenters. The zero-order valence-electron chi connectivity index (χ0n) is 9.32. The fourth-order valence-corrected chi connectivity index (χ4v) is 1.32. The third-order valence-electron chi connectivity index (χ3n) is 2.22. The number of rotatable bonds is 5. The molecule has 0 amide bonds. The van der Waals surface area contributed by atoms with E-state index in [1.54, 1.807) is 6.08 Å². The summed E-state index contributed by atoms with van der Waals surface area (Å²) in [6, 6.07) is 7.72. The molecular weight excluding hydrogens is 194 g/mol. The molecule has 0 fully saturated rings. The summed E-state index contributed by atoms with van der Waals surface area (Å²) < 4.78 is 0. The van der Waals surface area contributed by atoms with Gasteiger partial charge in [0.1, 0.15) is 0 Å². The first kappa shape index (κ1) is 11.9. The van der Waals surface area contributed by atoms with Crippen LogP contribution in [0.15, 0.2) is 72.8 Å². The van der Waals surface area contributed by atoms with Gasteiger partial charge < -0.3 is 0 Å². The minimum absolute atomic E-state index is 0.820. The van der Waals surface area contributed by atoms with Gasteiger partial charge in [-0.1, -0.05) is 56.2 Å². The first-order valence-corrected chi connectivity index (χ1v) is 4.94. The molecule has 0 aliphatic rings. The number of benzene rings is 1. The quantitative estimate of drug-likeness (QED) is 0.505. The Morgan fingerprint density at radius 3 is 2.50 bits per heavy atom. The van der Waals surface area contributed by atoms with Crippen LogP contribution in [-0.4, -0.2) is 6.72 Å². The van der Waals surface area contributed by atoms with Gasteiger partial charge in [-0.3, -0.25) is 4.99 Å². The molecule has 1 rings (SSSR count). The maximum atomic E-state index is 4.01. The van der Waals surface area contributed by atoms with Gasteiger partial charge >= 0.3 is 0 Å². The van der Waals surface area contributed by atoms with Crippen LogP contribution in [0.4, 0.5) is 5.69 Å². The Morgan fingerprint density at radius 1 is 1.19 bits per heavy atom. The van der Waals surface area contributed by atoms with Crippen molar-refractivity contribution < 1.29 is 0 Å². The van der Waals surface area contributed by atoms with E-state index in [0.717, 1.165) is 22.4 Å². The molecule has 0 heterocycles. The summed E-state index contributed by atoms with van der Waals surface area (Å²) >= 11 is 0. The summed E-state index contributed by atoms with van der Waals surface area (Å²) in [7, 11) is 0. The number of aliphatic imine (C=N–C) groups is 1. The lowest BCUT2D eigenvalue weighted by Crippen LogP contribution is -1.85. The van der Waals surface area contributed by atoms with Crippen LogP contribution in [0.3, 0.4) is 0 Å². The monoisotopic (exact) mass is 209 g/mol. The normalized spacial score (nSPS) is 10.0. The molecule has 0 aromatic heterocycles. The van der Waals surface area contributed by atoms with E-state index < -0.39 is 0 Å². The molecule has 0 N–H and O–H groups in total. The van der Waals surface area contributed by atoms with Crippen molar-refractivity contribution in [1.82, 2.24) is 0 Å². The molecule has 0 aliphatic heterocycles. The Hall–Kier alpha value is -2.15. The summed E-state index contributed by atoms with van der Waals surface area (Å²) in [5.74, 6) is 0. The van der Waals surface area contributed by atoms with E-state index in [-0.39, 0.29) is 0 Å². The summed E-state index contributed by atoms with van der Waals surface area (Å²) in [5, 5.41) is 0. The van der Waals surface area contributed by atoms with E-state index >= 15 is 0 Å². The zero-order chi connectivity index (χ0) is 12.0. The van der Waals surface area contributed by atoms with Gasteiger partial charge in [0.2, 0.25) is 0 Å². The van der Waals surface area contributed by atoms with Gasteiger partial charge in [0.05, 0.1) is 5.69 Å². The van der Waals surface area contributed by atoms with Crippen molar-refractivity contribution in [1.29, 1.82) is 0 Å². The minimum Gasteiger partial charge on any atom is -0.264 e. The highest BCUT2D eigenvalue weighted by molar-refractivity contribution is 5.85. The molecule has 0 unspecified atom stereocenters. The lowest BCUT2D eigenvalue weighted by Gasteiger charge is -2.08. The number of hydrogen-bond acceptors (Lipinski definition) is 1. The lowest BCUT2D eigenvalue weighted by molar-refractivity contribution is 1.50. The lowest BCUT2D eigenvalue weighted by atomic mass is 9.99. The van der Waals surface area contributed by atoms with Crippen LogP contribution in [0.1, 0.15) is 5.56 Å². The van der Waals surface area contributed by atoms with Crippen LogP contribution in [0, 0.1) is 0 Å². The van der Waals surface area contributed by atoms with Gasteiger partial charge in [0.25, 0.3) is 0 Å². The maximum Gasteiger partial charge on any atom is 0.0700 e. The van der Waals surface area contributed by atoms with Crippen LogP contribution < -0.4 is 0 Å². The molecule has 0 radical (unpaired) electrons. The number of allylic oxidation sites excluding steroid dienone is 5. The third kappa shape index (κ3) is 2.67. The van der Waals surface area contributed by atoms with Crippen molar-refractivity contribution in [2.75, 3.05) is 0 Å². The first-order chi connectivity index (χ1) is 7.70. The highest BCUT2D eigenvalue weighted by Crippen LogP contribution is 2.29. The van der Waals surface area contributed by atoms with E-state index in [4.69, 9.17) is 0 Å².